The van der Waals surface area contributed by atoms with Crippen molar-refractivity contribution in [3.05, 3.63) is 32.9 Å². The van der Waals surface area contributed by atoms with Gasteiger partial charge in [-0.1, -0.05) is 18.2 Å². The van der Waals surface area contributed by atoms with Crippen molar-refractivity contribution in [2.45, 2.75) is 19.8 Å². The summed E-state index contributed by atoms with van der Waals surface area (Å²) in [7, 11) is 0. The molecule has 1 aliphatic rings. The van der Waals surface area contributed by atoms with Crippen LogP contribution in [0.1, 0.15) is 28.8 Å². The van der Waals surface area contributed by atoms with E-state index in [0.717, 1.165) is 22.0 Å². The van der Waals surface area contributed by atoms with Gasteiger partial charge >= 0.3 is 0 Å². The lowest BCUT2D eigenvalue weighted by molar-refractivity contribution is 0.0966. The molecular formula is C11H11IO. The van der Waals surface area contributed by atoms with Gasteiger partial charge in [0.15, 0.2) is 5.78 Å². The van der Waals surface area contributed by atoms with Crippen LogP contribution in [-0.2, 0) is 0 Å². The van der Waals surface area contributed by atoms with Gasteiger partial charge in [0.25, 0.3) is 0 Å². The largest absolute Gasteiger partial charge is 0.294 e. The fraction of sp³-hybridized carbons (Fsp3) is 0.364. The summed E-state index contributed by atoms with van der Waals surface area (Å²) in [5.74, 6) is 0.670. The molecule has 1 nitrogen and oxygen atoms in total. The predicted octanol–water partition coefficient (Wildman–Crippen LogP) is 3.19. The SMILES string of the molecule is Cc1cccc(C(=O)C2CC2)c1I. The Morgan fingerprint density at radius 2 is 2.15 bits per heavy atom. The molecule has 0 radical (unpaired) electrons. The van der Waals surface area contributed by atoms with E-state index >= 15 is 0 Å². The van der Waals surface area contributed by atoms with Gasteiger partial charge in [-0.05, 0) is 47.9 Å². The van der Waals surface area contributed by atoms with Crippen molar-refractivity contribution in [1.29, 1.82) is 0 Å². The van der Waals surface area contributed by atoms with E-state index in [1.165, 1.54) is 5.56 Å². The van der Waals surface area contributed by atoms with Crippen LogP contribution in [0.3, 0.4) is 0 Å². The molecule has 2 heteroatoms. The molecular weight excluding hydrogens is 275 g/mol. The van der Waals surface area contributed by atoms with Gasteiger partial charge in [0.2, 0.25) is 0 Å². The summed E-state index contributed by atoms with van der Waals surface area (Å²) in [4.78, 5) is 11.8. The number of benzene rings is 1. The summed E-state index contributed by atoms with van der Waals surface area (Å²) in [5.41, 5.74) is 2.12. The van der Waals surface area contributed by atoms with Crippen LogP contribution < -0.4 is 0 Å². The summed E-state index contributed by atoms with van der Waals surface area (Å²) in [5, 5.41) is 0. The first-order chi connectivity index (χ1) is 6.20. The number of hydrogen-bond donors (Lipinski definition) is 0. The summed E-state index contributed by atoms with van der Waals surface area (Å²) in [6.45, 7) is 2.05. The minimum Gasteiger partial charge on any atom is -0.294 e. The topological polar surface area (TPSA) is 17.1 Å². The maximum atomic E-state index is 11.8. The summed E-state index contributed by atoms with van der Waals surface area (Å²) in [6, 6.07) is 5.95. The van der Waals surface area contributed by atoms with Gasteiger partial charge in [-0.25, -0.2) is 0 Å². The van der Waals surface area contributed by atoms with Crippen LogP contribution >= 0.6 is 22.6 Å². The van der Waals surface area contributed by atoms with Crippen LogP contribution in [0.25, 0.3) is 0 Å². The van der Waals surface area contributed by atoms with Crippen molar-refractivity contribution in [3.63, 3.8) is 0 Å². The number of hydrogen-bond acceptors (Lipinski definition) is 1. The lowest BCUT2D eigenvalue weighted by atomic mass is 10.1. The second kappa shape index (κ2) is 3.40. The normalized spacial score (nSPS) is 15.8. The third kappa shape index (κ3) is 1.77. The first kappa shape index (κ1) is 9.19. The molecule has 0 unspecified atom stereocenters. The van der Waals surface area contributed by atoms with Crippen molar-refractivity contribution < 1.29 is 4.79 Å². The molecule has 0 aromatic heterocycles. The van der Waals surface area contributed by atoms with Gasteiger partial charge < -0.3 is 0 Å². The second-order valence-corrected chi connectivity index (χ2v) is 4.65. The molecule has 0 atom stereocenters. The van der Waals surface area contributed by atoms with Gasteiger partial charge in [-0.15, -0.1) is 0 Å². The Kier molecular flexibility index (Phi) is 2.41. The fourth-order valence-electron chi connectivity index (χ4n) is 1.40. The Morgan fingerprint density at radius 1 is 1.46 bits per heavy atom. The minimum absolute atomic E-state index is 0.329. The molecule has 0 spiro atoms. The van der Waals surface area contributed by atoms with Crippen LogP contribution in [-0.4, -0.2) is 5.78 Å². The minimum atomic E-state index is 0.329. The van der Waals surface area contributed by atoms with E-state index < -0.39 is 0 Å². The molecule has 2 rings (SSSR count). The zero-order valence-electron chi connectivity index (χ0n) is 7.51. The standard InChI is InChI=1S/C11H11IO/c1-7-3-2-4-9(10(7)12)11(13)8-5-6-8/h2-4,8H,5-6H2,1H3. The lowest BCUT2D eigenvalue weighted by Crippen LogP contribution is -2.04. The van der Waals surface area contributed by atoms with E-state index in [2.05, 4.69) is 22.6 Å². The highest BCUT2D eigenvalue weighted by atomic mass is 127. The van der Waals surface area contributed by atoms with Gasteiger partial charge in [-0.3, -0.25) is 4.79 Å². The van der Waals surface area contributed by atoms with Gasteiger partial charge in [0, 0.05) is 15.1 Å². The number of aryl methyl sites for hydroxylation is 1. The smallest absolute Gasteiger partial charge is 0.167 e. The zero-order chi connectivity index (χ0) is 9.42. The predicted molar refractivity (Wildman–Crippen MR) is 61.0 cm³/mol. The summed E-state index contributed by atoms with van der Waals surface area (Å²) >= 11 is 2.26. The van der Waals surface area contributed by atoms with Crippen molar-refractivity contribution in [3.8, 4) is 0 Å². The van der Waals surface area contributed by atoms with E-state index in [4.69, 9.17) is 0 Å². The summed E-state index contributed by atoms with van der Waals surface area (Å²) in [6.07, 6.45) is 2.17. The molecule has 1 aromatic carbocycles. The van der Waals surface area contributed by atoms with Gasteiger partial charge in [0.05, 0.1) is 0 Å². The molecule has 1 fully saturated rings. The number of Topliss-reactive ketones (excluding diaryl/α,β-unsaturated/α-hetero) is 1. The quantitative estimate of drug-likeness (QED) is 0.603. The molecule has 1 aliphatic carbocycles. The van der Waals surface area contributed by atoms with E-state index in [-0.39, 0.29) is 0 Å². The molecule has 13 heavy (non-hydrogen) atoms. The average molecular weight is 286 g/mol. The Morgan fingerprint density at radius 3 is 2.77 bits per heavy atom. The van der Waals surface area contributed by atoms with Crippen LogP contribution in [0.15, 0.2) is 18.2 Å². The van der Waals surface area contributed by atoms with Crippen molar-refractivity contribution >= 4 is 28.4 Å². The van der Waals surface area contributed by atoms with Gasteiger partial charge in [0.1, 0.15) is 0 Å². The Bertz CT molecular complexity index is 353. The molecule has 0 aliphatic heterocycles. The van der Waals surface area contributed by atoms with E-state index in [1.807, 2.05) is 25.1 Å². The first-order valence-corrected chi connectivity index (χ1v) is 5.57. The highest BCUT2D eigenvalue weighted by molar-refractivity contribution is 14.1. The van der Waals surface area contributed by atoms with Crippen LogP contribution in [0, 0.1) is 16.4 Å². The maximum Gasteiger partial charge on any atom is 0.167 e. The van der Waals surface area contributed by atoms with E-state index in [9.17, 15) is 4.79 Å². The number of rotatable bonds is 2. The number of ketones is 1. The monoisotopic (exact) mass is 286 g/mol. The maximum absolute atomic E-state index is 11.8. The first-order valence-electron chi connectivity index (χ1n) is 4.49. The van der Waals surface area contributed by atoms with Crippen LogP contribution in [0.5, 0.6) is 0 Å². The van der Waals surface area contributed by atoms with Crippen LogP contribution in [0.2, 0.25) is 0 Å². The highest BCUT2D eigenvalue weighted by Crippen LogP contribution is 2.34. The summed E-state index contributed by atoms with van der Waals surface area (Å²) < 4.78 is 1.12. The van der Waals surface area contributed by atoms with E-state index in [1.54, 1.807) is 0 Å². The third-order valence-corrected chi connectivity index (χ3v) is 3.84. The second-order valence-electron chi connectivity index (χ2n) is 3.57. The van der Waals surface area contributed by atoms with Crippen molar-refractivity contribution in [1.82, 2.24) is 0 Å². The Labute approximate surface area is 91.7 Å². The zero-order valence-corrected chi connectivity index (χ0v) is 9.67. The van der Waals surface area contributed by atoms with Crippen molar-refractivity contribution in [2.75, 3.05) is 0 Å². The van der Waals surface area contributed by atoms with Crippen molar-refractivity contribution in [2.24, 2.45) is 5.92 Å². The molecule has 68 valence electrons. The van der Waals surface area contributed by atoms with Crippen LogP contribution in [0.4, 0.5) is 0 Å². The average Bonchev–Trinajstić information content (AvgIpc) is 2.91. The molecule has 1 aromatic rings. The molecule has 0 heterocycles. The van der Waals surface area contributed by atoms with Gasteiger partial charge in [-0.2, -0.15) is 0 Å². The molecule has 0 saturated heterocycles. The lowest BCUT2D eigenvalue weighted by Gasteiger charge is -2.04. The Hall–Kier alpha value is -0.380. The molecule has 0 bridgehead atoms. The fourth-order valence-corrected chi connectivity index (χ4v) is 2.03. The number of carbonyl (C=O) groups excluding carboxylic acids is 1. The van der Waals surface area contributed by atoms with E-state index in [0.29, 0.717) is 11.7 Å². The molecule has 1 saturated carbocycles. The third-order valence-electron chi connectivity index (χ3n) is 2.41. The highest BCUT2D eigenvalue weighted by Gasteiger charge is 2.31. The number of carbonyl (C=O) groups is 1. The molecule has 0 amide bonds. The Balaban J connectivity index is 2.38. The number of halogens is 1. The molecule has 0 N–H and O–H groups in total.